The van der Waals surface area contributed by atoms with Crippen molar-refractivity contribution in [2.75, 3.05) is 19.8 Å². The molecule has 4 nitrogen and oxygen atoms in total. The smallest absolute Gasteiger partial charge is 0.0596 e. The summed E-state index contributed by atoms with van der Waals surface area (Å²) in [6, 6.07) is 2.73. The molecule has 0 amide bonds. The number of nitrogens with one attached hydrogen (secondary N) is 1. The molecule has 0 radical (unpaired) electrons. The summed E-state index contributed by atoms with van der Waals surface area (Å²) < 4.78 is 7.77. The minimum absolute atomic E-state index is 0.506. The van der Waals surface area contributed by atoms with Crippen molar-refractivity contribution in [3.8, 4) is 0 Å². The molecule has 0 aromatic carbocycles. The number of likely N-dealkylation sites (N-methyl/N-ethyl adjacent to an activating group) is 1. The van der Waals surface area contributed by atoms with E-state index in [1.807, 2.05) is 0 Å². The van der Waals surface area contributed by atoms with Gasteiger partial charge in [-0.25, -0.2) is 0 Å². The molecule has 1 aliphatic rings. The summed E-state index contributed by atoms with van der Waals surface area (Å²) in [5.74, 6) is 0.634. The monoisotopic (exact) mass is 265 g/mol. The Hall–Kier alpha value is -0.870. The van der Waals surface area contributed by atoms with Crippen LogP contribution in [-0.2, 0) is 17.7 Å². The van der Waals surface area contributed by atoms with Crippen LogP contribution in [0.5, 0.6) is 0 Å². The lowest BCUT2D eigenvalue weighted by Crippen LogP contribution is -2.42. The summed E-state index contributed by atoms with van der Waals surface area (Å²) in [5, 5.41) is 8.19. The van der Waals surface area contributed by atoms with Gasteiger partial charge in [0.1, 0.15) is 0 Å². The van der Waals surface area contributed by atoms with E-state index in [9.17, 15) is 0 Å². The summed E-state index contributed by atoms with van der Waals surface area (Å²) in [6.45, 7) is 10.2. The predicted octanol–water partition coefficient (Wildman–Crippen LogP) is 2.16. The van der Waals surface area contributed by atoms with E-state index in [2.05, 4.69) is 41.9 Å². The van der Waals surface area contributed by atoms with Gasteiger partial charge in [0.25, 0.3) is 0 Å². The van der Waals surface area contributed by atoms with Crippen molar-refractivity contribution in [3.05, 3.63) is 17.5 Å². The van der Waals surface area contributed by atoms with Gasteiger partial charge in [0.2, 0.25) is 0 Å². The van der Waals surface area contributed by atoms with Crippen LogP contribution < -0.4 is 5.32 Å². The Labute approximate surface area is 116 Å². The maximum absolute atomic E-state index is 5.65. The molecule has 0 spiro atoms. The summed E-state index contributed by atoms with van der Waals surface area (Å²) in [6.07, 6.45) is 3.52. The molecule has 4 heteroatoms. The van der Waals surface area contributed by atoms with E-state index in [4.69, 9.17) is 4.74 Å². The van der Waals surface area contributed by atoms with Gasteiger partial charge < -0.3 is 10.1 Å². The van der Waals surface area contributed by atoms with Crippen LogP contribution in [0, 0.1) is 12.8 Å². The molecule has 1 aromatic rings. The molecule has 1 saturated heterocycles. The van der Waals surface area contributed by atoms with Crippen molar-refractivity contribution in [2.24, 2.45) is 5.92 Å². The van der Waals surface area contributed by atoms with Crippen LogP contribution in [-0.4, -0.2) is 35.6 Å². The Morgan fingerprint density at radius 3 is 3.00 bits per heavy atom. The minimum Gasteiger partial charge on any atom is -0.381 e. The van der Waals surface area contributed by atoms with E-state index < -0.39 is 0 Å². The number of aromatic nitrogens is 2. The van der Waals surface area contributed by atoms with Gasteiger partial charge in [-0.15, -0.1) is 0 Å². The first-order valence-corrected chi connectivity index (χ1v) is 7.59. The van der Waals surface area contributed by atoms with E-state index >= 15 is 0 Å². The van der Waals surface area contributed by atoms with Crippen molar-refractivity contribution in [1.82, 2.24) is 15.1 Å². The number of aryl methyl sites for hydroxylation is 2. The molecule has 2 atom stereocenters. The summed E-state index contributed by atoms with van der Waals surface area (Å²) >= 11 is 0. The van der Waals surface area contributed by atoms with Gasteiger partial charge in [-0.2, -0.15) is 5.10 Å². The highest BCUT2D eigenvalue weighted by molar-refractivity contribution is 5.11. The third-order valence-electron chi connectivity index (χ3n) is 3.94. The van der Waals surface area contributed by atoms with Gasteiger partial charge in [0.05, 0.1) is 12.3 Å². The average molecular weight is 265 g/mol. The number of ether oxygens (including phenoxy) is 1. The molecule has 1 fully saturated rings. The molecular formula is C15H27N3O. The number of rotatable bonds is 6. The molecule has 108 valence electrons. The zero-order chi connectivity index (χ0) is 13.7. The van der Waals surface area contributed by atoms with E-state index in [0.29, 0.717) is 12.0 Å². The van der Waals surface area contributed by atoms with E-state index in [1.54, 1.807) is 0 Å². The zero-order valence-electron chi connectivity index (χ0n) is 12.5. The molecule has 2 unspecified atom stereocenters. The SMILES string of the molecule is CCNC(Cc1cc(C)nn1CC)C1CCCOC1. The van der Waals surface area contributed by atoms with Crippen LogP contribution in [0.2, 0.25) is 0 Å². The lowest BCUT2D eigenvalue weighted by atomic mass is 9.90. The highest BCUT2D eigenvalue weighted by Gasteiger charge is 2.24. The average Bonchev–Trinajstić information content (AvgIpc) is 2.79. The van der Waals surface area contributed by atoms with Crippen molar-refractivity contribution < 1.29 is 4.74 Å². The van der Waals surface area contributed by atoms with Gasteiger partial charge in [-0.1, -0.05) is 6.92 Å². The largest absolute Gasteiger partial charge is 0.381 e. The van der Waals surface area contributed by atoms with Crippen LogP contribution in [0.4, 0.5) is 0 Å². The molecular weight excluding hydrogens is 238 g/mol. The quantitative estimate of drug-likeness (QED) is 0.856. The first-order valence-electron chi connectivity index (χ1n) is 7.59. The zero-order valence-corrected chi connectivity index (χ0v) is 12.5. The molecule has 19 heavy (non-hydrogen) atoms. The van der Waals surface area contributed by atoms with Crippen LogP contribution in [0.1, 0.15) is 38.1 Å². The van der Waals surface area contributed by atoms with Gasteiger partial charge in [-0.3, -0.25) is 4.68 Å². The number of hydrogen-bond donors (Lipinski definition) is 1. The van der Waals surface area contributed by atoms with Crippen LogP contribution >= 0.6 is 0 Å². The van der Waals surface area contributed by atoms with E-state index in [0.717, 1.165) is 38.4 Å². The Morgan fingerprint density at radius 1 is 1.53 bits per heavy atom. The third-order valence-corrected chi connectivity index (χ3v) is 3.94. The highest BCUT2D eigenvalue weighted by Crippen LogP contribution is 2.21. The van der Waals surface area contributed by atoms with Crippen LogP contribution in [0.25, 0.3) is 0 Å². The second-order valence-corrected chi connectivity index (χ2v) is 5.44. The van der Waals surface area contributed by atoms with Gasteiger partial charge in [-0.05, 0) is 45.2 Å². The first-order chi connectivity index (χ1) is 9.24. The van der Waals surface area contributed by atoms with Gasteiger partial charge >= 0.3 is 0 Å². The summed E-state index contributed by atoms with van der Waals surface area (Å²) in [5.41, 5.74) is 2.46. The molecule has 1 aliphatic heterocycles. The first kappa shape index (κ1) is 14.5. The maximum Gasteiger partial charge on any atom is 0.0596 e. The number of nitrogens with zero attached hydrogens (tertiary/aromatic N) is 2. The lowest BCUT2D eigenvalue weighted by molar-refractivity contribution is 0.0393. The van der Waals surface area contributed by atoms with Crippen molar-refractivity contribution in [1.29, 1.82) is 0 Å². The van der Waals surface area contributed by atoms with Crippen molar-refractivity contribution in [3.63, 3.8) is 0 Å². The third kappa shape index (κ3) is 3.80. The fourth-order valence-electron chi connectivity index (χ4n) is 3.01. The van der Waals surface area contributed by atoms with Crippen LogP contribution in [0.3, 0.4) is 0 Å². The summed E-state index contributed by atoms with van der Waals surface area (Å²) in [7, 11) is 0. The lowest BCUT2D eigenvalue weighted by Gasteiger charge is -2.31. The molecule has 0 saturated carbocycles. The van der Waals surface area contributed by atoms with Crippen molar-refractivity contribution >= 4 is 0 Å². The molecule has 2 heterocycles. The fourth-order valence-corrected chi connectivity index (χ4v) is 3.01. The molecule has 1 aromatic heterocycles. The topological polar surface area (TPSA) is 39.1 Å². The Balaban J connectivity index is 2.06. The predicted molar refractivity (Wildman–Crippen MR) is 77.3 cm³/mol. The number of hydrogen-bond acceptors (Lipinski definition) is 3. The molecule has 1 N–H and O–H groups in total. The van der Waals surface area contributed by atoms with E-state index in [-0.39, 0.29) is 0 Å². The minimum atomic E-state index is 0.506. The fraction of sp³-hybridized carbons (Fsp3) is 0.800. The molecule has 0 bridgehead atoms. The Kier molecular flexibility index (Phi) is 5.40. The van der Waals surface area contributed by atoms with Gasteiger partial charge in [0.15, 0.2) is 0 Å². The Bertz CT molecular complexity index is 383. The summed E-state index contributed by atoms with van der Waals surface area (Å²) in [4.78, 5) is 0. The van der Waals surface area contributed by atoms with E-state index in [1.165, 1.54) is 18.5 Å². The van der Waals surface area contributed by atoms with Gasteiger partial charge in [0, 0.05) is 31.3 Å². The van der Waals surface area contributed by atoms with Crippen molar-refractivity contribution in [2.45, 2.75) is 52.6 Å². The Morgan fingerprint density at radius 2 is 2.37 bits per heavy atom. The second-order valence-electron chi connectivity index (χ2n) is 5.44. The standard InChI is InChI=1S/C15H27N3O/c1-4-16-15(13-7-6-8-19-11-13)10-14-9-12(3)17-18(14)5-2/h9,13,15-16H,4-8,10-11H2,1-3H3. The molecule has 2 rings (SSSR count). The maximum atomic E-state index is 5.65. The van der Waals surface area contributed by atoms with Crippen LogP contribution in [0.15, 0.2) is 6.07 Å². The highest BCUT2D eigenvalue weighted by atomic mass is 16.5. The normalized spacial score (nSPS) is 21.5. The second kappa shape index (κ2) is 7.06. The molecule has 0 aliphatic carbocycles.